The van der Waals surface area contributed by atoms with Gasteiger partial charge in [0.2, 0.25) is 0 Å². The third kappa shape index (κ3) is 4.67. The molecular formula is C24H21N3. The molecule has 0 heterocycles. The largest absolute Gasteiger partial charge is 0.356 e. The zero-order valence-corrected chi connectivity index (χ0v) is 14.9. The molecule has 0 fully saturated rings. The lowest BCUT2D eigenvalue weighted by Gasteiger charge is -2.11. The van der Waals surface area contributed by atoms with Gasteiger partial charge < -0.3 is 16.0 Å². The van der Waals surface area contributed by atoms with Gasteiger partial charge in [-0.25, -0.2) is 0 Å². The van der Waals surface area contributed by atoms with Crippen LogP contribution in [0.25, 0.3) is 0 Å². The average molecular weight is 351 g/mol. The summed E-state index contributed by atoms with van der Waals surface area (Å²) in [4.78, 5) is 0. The van der Waals surface area contributed by atoms with Crippen LogP contribution in [0.1, 0.15) is 0 Å². The molecule has 3 N–H and O–H groups in total. The molecule has 0 aliphatic carbocycles. The molecule has 4 rings (SSSR count). The van der Waals surface area contributed by atoms with Crippen LogP contribution in [-0.2, 0) is 0 Å². The van der Waals surface area contributed by atoms with Crippen molar-refractivity contribution >= 4 is 34.1 Å². The van der Waals surface area contributed by atoms with Crippen molar-refractivity contribution in [1.29, 1.82) is 0 Å². The highest BCUT2D eigenvalue weighted by Crippen LogP contribution is 2.23. The van der Waals surface area contributed by atoms with E-state index < -0.39 is 0 Å². The number of hydrogen-bond donors (Lipinski definition) is 3. The molecule has 0 spiro atoms. The van der Waals surface area contributed by atoms with Crippen molar-refractivity contribution in [2.24, 2.45) is 0 Å². The maximum atomic E-state index is 3.43. The Hall–Kier alpha value is -3.72. The van der Waals surface area contributed by atoms with Crippen LogP contribution in [0.15, 0.2) is 109 Å². The minimum Gasteiger partial charge on any atom is -0.356 e. The number of hydrogen-bond acceptors (Lipinski definition) is 3. The van der Waals surface area contributed by atoms with E-state index in [9.17, 15) is 0 Å². The molecule has 4 aromatic carbocycles. The SMILES string of the molecule is c1ccc(Nc2ccc(Nc3ccc(Nc4ccccc4)cc3)cc2)cc1. The average Bonchev–Trinajstić information content (AvgIpc) is 2.73. The maximum Gasteiger partial charge on any atom is 0.0385 e. The van der Waals surface area contributed by atoms with Gasteiger partial charge in [-0.1, -0.05) is 36.4 Å². The number of para-hydroxylation sites is 2. The third-order valence-corrected chi connectivity index (χ3v) is 4.18. The first-order valence-electron chi connectivity index (χ1n) is 8.96. The van der Waals surface area contributed by atoms with Crippen molar-refractivity contribution < 1.29 is 0 Å². The monoisotopic (exact) mass is 351 g/mol. The van der Waals surface area contributed by atoms with Gasteiger partial charge in [0.15, 0.2) is 0 Å². The first-order valence-corrected chi connectivity index (χ1v) is 8.96. The summed E-state index contributed by atoms with van der Waals surface area (Å²) in [6.45, 7) is 0. The molecule has 0 aromatic heterocycles. The van der Waals surface area contributed by atoms with Gasteiger partial charge in [0.25, 0.3) is 0 Å². The van der Waals surface area contributed by atoms with Crippen molar-refractivity contribution in [2.45, 2.75) is 0 Å². The first kappa shape index (κ1) is 16.7. The molecule has 0 bridgehead atoms. The van der Waals surface area contributed by atoms with Gasteiger partial charge >= 0.3 is 0 Å². The van der Waals surface area contributed by atoms with Crippen molar-refractivity contribution in [3.63, 3.8) is 0 Å². The quantitative estimate of drug-likeness (QED) is 0.353. The van der Waals surface area contributed by atoms with Crippen LogP contribution in [0.4, 0.5) is 34.1 Å². The number of anilines is 6. The molecule has 3 heteroatoms. The van der Waals surface area contributed by atoms with E-state index in [1.165, 1.54) is 0 Å². The van der Waals surface area contributed by atoms with Crippen LogP contribution in [0.5, 0.6) is 0 Å². The predicted octanol–water partition coefficient (Wildman–Crippen LogP) is 6.92. The molecule has 132 valence electrons. The Morgan fingerprint density at radius 3 is 0.741 bits per heavy atom. The van der Waals surface area contributed by atoms with E-state index in [1.807, 2.05) is 36.4 Å². The molecule has 27 heavy (non-hydrogen) atoms. The molecule has 0 atom stereocenters. The van der Waals surface area contributed by atoms with Crippen LogP contribution in [-0.4, -0.2) is 0 Å². The fourth-order valence-electron chi connectivity index (χ4n) is 2.82. The van der Waals surface area contributed by atoms with Crippen LogP contribution in [0.2, 0.25) is 0 Å². The van der Waals surface area contributed by atoms with Crippen LogP contribution in [0.3, 0.4) is 0 Å². The summed E-state index contributed by atoms with van der Waals surface area (Å²) in [5.41, 5.74) is 6.40. The van der Waals surface area contributed by atoms with Crippen LogP contribution >= 0.6 is 0 Å². The summed E-state index contributed by atoms with van der Waals surface area (Å²) in [7, 11) is 0. The normalized spacial score (nSPS) is 10.2. The second-order valence-corrected chi connectivity index (χ2v) is 6.26. The molecular weight excluding hydrogens is 330 g/mol. The minimum atomic E-state index is 1.05. The second-order valence-electron chi connectivity index (χ2n) is 6.26. The predicted molar refractivity (Wildman–Crippen MR) is 116 cm³/mol. The molecule has 0 amide bonds. The van der Waals surface area contributed by atoms with Gasteiger partial charge in [-0.2, -0.15) is 0 Å². The molecule has 0 unspecified atom stereocenters. The Bertz CT molecular complexity index is 881. The summed E-state index contributed by atoms with van der Waals surface area (Å²) in [6.07, 6.45) is 0. The Morgan fingerprint density at radius 1 is 0.259 bits per heavy atom. The number of benzene rings is 4. The molecule has 4 aromatic rings. The summed E-state index contributed by atoms with van der Waals surface area (Å²) < 4.78 is 0. The van der Waals surface area contributed by atoms with Crippen molar-refractivity contribution in [3.05, 3.63) is 109 Å². The molecule has 0 aliphatic heterocycles. The minimum absolute atomic E-state index is 1.05. The van der Waals surface area contributed by atoms with Crippen molar-refractivity contribution in [2.75, 3.05) is 16.0 Å². The van der Waals surface area contributed by atoms with E-state index in [2.05, 4.69) is 88.7 Å². The fourth-order valence-corrected chi connectivity index (χ4v) is 2.82. The standard InChI is InChI=1S/C24H21N3/c1-3-7-19(8-4-1)25-21-11-15-23(16-12-21)27-24-17-13-22(14-18-24)26-20-9-5-2-6-10-20/h1-18,25-27H. The first-order chi connectivity index (χ1) is 13.3. The van der Waals surface area contributed by atoms with E-state index in [4.69, 9.17) is 0 Å². The lowest BCUT2D eigenvalue weighted by atomic mass is 10.2. The van der Waals surface area contributed by atoms with E-state index in [0.717, 1.165) is 34.1 Å². The Balaban J connectivity index is 1.37. The Labute approximate surface area is 159 Å². The summed E-state index contributed by atoms with van der Waals surface area (Å²) in [5, 5.41) is 10.2. The number of nitrogens with one attached hydrogen (secondary N) is 3. The highest BCUT2D eigenvalue weighted by Gasteiger charge is 1.98. The van der Waals surface area contributed by atoms with Crippen LogP contribution in [0, 0.1) is 0 Å². The second kappa shape index (κ2) is 8.11. The molecule has 0 saturated carbocycles. The van der Waals surface area contributed by atoms with E-state index in [0.29, 0.717) is 0 Å². The molecule has 0 saturated heterocycles. The number of rotatable bonds is 6. The van der Waals surface area contributed by atoms with Gasteiger partial charge in [-0.3, -0.25) is 0 Å². The summed E-state index contributed by atoms with van der Waals surface area (Å²) >= 11 is 0. The fraction of sp³-hybridized carbons (Fsp3) is 0. The zero-order chi connectivity index (χ0) is 18.3. The van der Waals surface area contributed by atoms with Gasteiger partial charge in [0.05, 0.1) is 0 Å². The van der Waals surface area contributed by atoms with E-state index in [1.54, 1.807) is 0 Å². The zero-order valence-electron chi connectivity index (χ0n) is 14.9. The lowest BCUT2D eigenvalue weighted by Crippen LogP contribution is -1.93. The smallest absolute Gasteiger partial charge is 0.0385 e. The van der Waals surface area contributed by atoms with Gasteiger partial charge in [-0.05, 0) is 72.8 Å². The van der Waals surface area contributed by atoms with Gasteiger partial charge in [-0.15, -0.1) is 0 Å². The third-order valence-electron chi connectivity index (χ3n) is 4.18. The highest BCUT2D eigenvalue weighted by atomic mass is 14.9. The molecule has 0 radical (unpaired) electrons. The van der Waals surface area contributed by atoms with E-state index in [-0.39, 0.29) is 0 Å². The summed E-state index contributed by atoms with van der Waals surface area (Å²) in [5.74, 6) is 0. The van der Waals surface area contributed by atoms with Gasteiger partial charge in [0, 0.05) is 34.1 Å². The van der Waals surface area contributed by atoms with Crippen LogP contribution < -0.4 is 16.0 Å². The topological polar surface area (TPSA) is 36.1 Å². The van der Waals surface area contributed by atoms with E-state index >= 15 is 0 Å². The molecule has 0 aliphatic rings. The summed E-state index contributed by atoms with van der Waals surface area (Å²) in [6, 6.07) is 36.9. The van der Waals surface area contributed by atoms with Crippen molar-refractivity contribution in [1.82, 2.24) is 0 Å². The lowest BCUT2D eigenvalue weighted by molar-refractivity contribution is 1.50. The van der Waals surface area contributed by atoms with Crippen molar-refractivity contribution in [3.8, 4) is 0 Å². The maximum absolute atomic E-state index is 3.43. The van der Waals surface area contributed by atoms with Gasteiger partial charge in [0.1, 0.15) is 0 Å². The molecule has 3 nitrogen and oxygen atoms in total. The highest BCUT2D eigenvalue weighted by molar-refractivity contribution is 5.68. The Morgan fingerprint density at radius 2 is 0.481 bits per heavy atom. The Kier molecular flexibility index (Phi) is 5.02.